The molecule has 2 aliphatic carbocycles. The molecule has 2 atom stereocenters. The maximum atomic E-state index is 14.3. The summed E-state index contributed by atoms with van der Waals surface area (Å²) in [6, 6.07) is 6.25. The van der Waals surface area contributed by atoms with Crippen molar-refractivity contribution in [3.63, 3.8) is 0 Å². The average Bonchev–Trinajstić information content (AvgIpc) is 3.57. The Kier molecular flexibility index (Phi) is 6.36. The minimum atomic E-state index is -3.63. The minimum absolute atomic E-state index is 0.0325. The molecule has 178 valence electrons. The lowest BCUT2D eigenvalue weighted by Crippen LogP contribution is -2.53. The molecular formula is C23H29FN4O4S. The fourth-order valence-corrected chi connectivity index (χ4v) is 5.59. The normalized spacial score (nSPS) is 24.6. The van der Waals surface area contributed by atoms with Gasteiger partial charge in [-0.05, 0) is 43.9 Å². The molecule has 33 heavy (non-hydrogen) atoms. The number of amides is 2. The number of nitrogens with zero attached hydrogens (tertiary/aromatic N) is 3. The number of sulfone groups is 1. The van der Waals surface area contributed by atoms with Gasteiger partial charge in [0, 0.05) is 50.0 Å². The van der Waals surface area contributed by atoms with Crippen LogP contribution in [-0.2, 0) is 19.4 Å². The summed E-state index contributed by atoms with van der Waals surface area (Å²) in [5, 5.41) is 12.1. The van der Waals surface area contributed by atoms with E-state index in [1.54, 1.807) is 11.0 Å². The van der Waals surface area contributed by atoms with Crippen molar-refractivity contribution in [3.05, 3.63) is 24.0 Å². The lowest BCUT2D eigenvalue weighted by molar-refractivity contribution is -0.144. The predicted octanol–water partition coefficient (Wildman–Crippen LogP) is 1.86. The number of nitrogens with one attached hydrogen (secondary N) is 1. The van der Waals surface area contributed by atoms with Crippen LogP contribution in [-0.4, -0.2) is 63.1 Å². The van der Waals surface area contributed by atoms with Crippen LogP contribution in [0.4, 0.5) is 10.1 Å². The number of hydrogen-bond acceptors (Lipinski definition) is 6. The van der Waals surface area contributed by atoms with Gasteiger partial charge in [-0.15, -0.1) is 0 Å². The van der Waals surface area contributed by atoms with Crippen molar-refractivity contribution in [2.45, 2.75) is 49.0 Å². The molecule has 2 amide bonds. The van der Waals surface area contributed by atoms with E-state index in [2.05, 4.69) is 11.4 Å². The number of benzene rings is 1. The van der Waals surface area contributed by atoms with E-state index in [9.17, 15) is 27.7 Å². The van der Waals surface area contributed by atoms with Gasteiger partial charge in [-0.2, -0.15) is 5.26 Å². The summed E-state index contributed by atoms with van der Waals surface area (Å²) in [5.41, 5.74) is -0.163. The highest BCUT2D eigenvalue weighted by Crippen LogP contribution is 2.37. The van der Waals surface area contributed by atoms with Crippen LogP contribution in [0.2, 0.25) is 0 Å². The Labute approximate surface area is 193 Å². The Morgan fingerprint density at radius 1 is 1.12 bits per heavy atom. The molecule has 2 saturated carbocycles. The second-order valence-corrected chi connectivity index (χ2v) is 11.4. The number of piperazine rings is 1. The van der Waals surface area contributed by atoms with Crippen LogP contribution in [0.25, 0.3) is 0 Å². The predicted molar refractivity (Wildman–Crippen MR) is 119 cm³/mol. The van der Waals surface area contributed by atoms with E-state index in [-0.39, 0.29) is 22.6 Å². The summed E-state index contributed by atoms with van der Waals surface area (Å²) in [6.07, 6.45) is 5.39. The second kappa shape index (κ2) is 8.93. The third-order valence-corrected chi connectivity index (χ3v) is 8.15. The Hall–Kier alpha value is -2.67. The van der Waals surface area contributed by atoms with E-state index in [1.165, 1.54) is 12.1 Å². The van der Waals surface area contributed by atoms with Gasteiger partial charge in [0.1, 0.15) is 16.3 Å². The van der Waals surface area contributed by atoms with E-state index in [1.807, 2.05) is 4.90 Å². The van der Waals surface area contributed by atoms with Gasteiger partial charge in [-0.25, -0.2) is 12.8 Å². The first-order valence-electron chi connectivity index (χ1n) is 11.4. The van der Waals surface area contributed by atoms with E-state index in [0.717, 1.165) is 19.1 Å². The standard InChI is InChI=1S/C23H29FN4O4S/c1-33(31,32)20-7-6-16(14-19(20)24)27-10-12-28(13-11-27)22(30)18-5-3-2-4-17(18)21(29)26-23(15-25)8-9-23/h6-7,14,17-18H,2-5,8-13H2,1H3,(H,26,29)/t17-,18-/m1/s1. The molecule has 0 bridgehead atoms. The number of nitriles is 1. The van der Waals surface area contributed by atoms with E-state index in [4.69, 9.17) is 0 Å². The van der Waals surface area contributed by atoms with Gasteiger partial charge in [0.2, 0.25) is 11.8 Å². The van der Waals surface area contributed by atoms with Gasteiger partial charge >= 0.3 is 0 Å². The summed E-state index contributed by atoms with van der Waals surface area (Å²) in [4.78, 5) is 29.5. The van der Waals surface area contributed by atoms with E-state index < -0.39 is 27.1 Å². The molecule has 1 aliphatic heterocycles. The molecule has 0 unspecified atom stereocenters. The first-order valence-corrected chi connectivity index (χ1v) is 13.3. The van der Waals surface area contributed by atoms with Crippen molar-refractivity contribution in [1.82, 2.24) is 10.2 Å². The van der Waals surface area contributed by atoms with Gasteiger partial charge in [-0.1, -0.05) is 12.8 Å². The molecule has 1 saturated heterocycles. The fraction of sp³-hybridized carbons (Fsp3) is 0.609. The van der Waals surface area contributed by atoms with Gasteiger partial charge in [0.05, 0.1) is 6.07 Å². The van der Waals surface area contributed by atoms with Gasteiger partial charge in [-0.3, -0.25) is 9.59 Å². The summed E-state index contributed by atoms with van der Waals surface area (Å²) in [7, 11) is -3.63. The van der Waals surface area contributed by atoms with Gasteiger partial charge < -0.3 is 15.1 Å². The molecule has 1 aromatic rings. The van der Waals surface area contributed by atoms with Crippen LogP contribution < -0.4 is 10.2 Å². The Morgan fingerprint density at radius 2 is 1.76 bits per heavy atom. The molecule has 0 radical (unpaired) electrons. The largest absolute Gasteiger partial charge is 0.368 e. The first kappa shape index (κ1) is 23.5. The summed E-state index contributed by atoms with van der Waals surface area (Å²) >= 11 is 0. The smallest absolute Gasteiger partial charge is 0.226 e. The lowest BCUT2D eigenvalue weighted by atomic mass is 9.77. The third kappa shape index (κ3) is 4.98. The van der Waals surface area contributed by atoms with Crippen LogP contribution in [0.3, 0.4) is 0 Å². The highest BCUT2D eigenvalue weighted by molar-refractivity contribution is 7.90. The molecule has 3 fully saturated rings. The quantitative estimate of drug-likeness (QED) is 0.695. The van der Waals surface area contributed by atoms with Crippen molar-refractivity contribution in [2.24, 2.45) is 11.8 Å². The highest BCUT2D eigenvalue weighted by atomic mass is 32.2. The molecule has 1 aromatic carbocycles. The number of hydrogen-bond donors (Lipinski definition) is 1. The number of rotatable bonds is 5. The van der Waals surface area contributed by atoms with Crippen LogP contribution in [0, 0.1) is 29.0 Å². The van der Waals surface area contributed by atoms with E-state index >= 15 is 0 Å². The zero-order valence-corrected chi connectivity index (χ0v) is 19.5. The minimum Gasteiger partial charge on any atom is -0.368 e. The number of carbonyl (C=O) groups is 2. The van der Waals surface area contributed by atoms with E-state index in [0.29, 0.717) is 57.5 Å². The highest BCUT2D eigenvalue weighted by Gasteiger charge is 2.47. The molecule has 3 aliphatic rings. The van der Waals surface area contributed by atoms with Crippen molar-refractivity contribution < 1.29 is 22.4 Å². The summed E-state index contributed by atoms with van der Waals surface area (Å²) in [6.45, 7) is 1.87. The molecule has 10 heteroatoms. The SMILES string of the molecule is CS(=O)(=O)c1ccc(N2CCN(C(=O)[C@@H]3CCCC[C@H]3C(=O)NC3(C#N)CC3)CC2)cc1F. The number of carbonyl (C=O) groups excluding carboxylic acids is 2. The summed E-state index contributed by atoms with van der Waals surface area (Å²) in [5.74, 6) is -1.79. The van der Waals surface area contributed by atoms with Crippen molar-refractivity contribution >= 4 is 27.3 Å². The number of anilines is 1. The second-order valence-electron chi connectivity index (χ2n) is 9.38. The molecule has 1 N–H and O–H groups in total. The Bertz CT molecular complexity index is 1090. The number of halogens is 1. The van der Waals surface area contributed by atoms with Crippen LogP contribution in [0.5, 0.6) is 0 Å². The molecular weight excluding hydrogens is 447 g/mol. The molecule has 8 nitrogen and oxygen atoms in total. The summed E-state index contributed by atoms with van der Waals surface area (Å²) < 4.78 is 37.6. The zero-order chi connectivity index (χ0) is 23.8. The van der Waals surface area contributed by atoms with Crippen molar-refractivity contribution in [1.29, 1.82) is 5.26 Å². The van der Waals surface area contributed by atoms with Crippen molar-refractivity contribution in [3.8, 4) is 6.07 Å². The van der Waals surface area contributed by atoms with Crippen LogP contribution in [0.15, 0.2) is 23.1 Å². The Balaban J connectivity index is 1.38. The van der Waals surface area contributed by atoms with Crippen LogP contribution in [0.1, 0.15) is 38.5 Å². The first-order chi connectivity index (χ1) is 15.6. The molecule has 1 heterocycles. The average molecular weight is 477 g/mol. The third-order valence-electron chi connectivity index (χ3n) is 7.02. The van der Waals surface area contributed by atoms with Crippen molar-refractivity contribution in [2.75, 3.05) is 37.3 Å². The van der Waals surface area contributed by atoms with Crippen LogP contribution >= 0.6 is 0 Å². The zero-order valence-electron chi connectivity index (χ0n) is 18.7. The fourth-order valence-electron chi connectivity index (χ4n) is 4.87. The monoisotopic (exact) mass is 476 g/mol. The maximum Gasteiger partial charge on any atom is 0.226 e. The molecule has 0 aromatic heterocycles. The maximum absolute atomic E-state index is 14.3. The molecule has 4 rings (SSSR count). The van der Waals surface area contributed by atoms with Gasteiger partial charge in [0.25, 0.3) is 0 Å². The molecule has 0 spiro atoms. The Morgan fingerprint density at radius 3 is 2.30 bits per heavy atom. The topological polar surface area (TPSA) is 111 Å². The lowest BCUT2D eigenvalue weighted by Gasteiger charge is -2.39. The van der Waals surface area contributed by atoms with Gasteiger partial charge in [0.15, 0.2) is 9.84 Å².